The second kappa shape index (κ2) is 11.4. The van der Waals surface area contributed by atoms with Gasteiger partial charge in [-0.25, -0.2) is 19.9 Å². The molecule has 0 spiro atoms. The van der Waals surface area contributed by atoms with Crippen LogP contribution in [0.25, 0.3) is 109 Å². The molecule has 6 heteroatoms. The minimum atomic E-state index is 0.603. The first-order valence-electron chi connectivity index (χ1n) is 17.2. The van der Waals surface area contributed by atoms with E-state index in [4.69, 9.17) is 24.4 Å². The number of benzene rings is 7. The zero-order valence-corrected chi connectivity index (χ0v) is 28.4. The normalized spacial score (nSPS) is 11.8. The molecule has 5 nitrogen and oxygen atoms in total. The molecule has 0 amide bonds. The molecule has 0 aliphatic rings. The Morgan fingerprint density at radius 1 is 0.365 bits per heavy atom. The zero-order chi connectivity index (χ0) is 34.2. The van der Waals surface area contributed by atoms with Gasteiger partial charge in [0.2, 0.25) is 0 Å². The molecule has 11 rings (SSSR count). The number of pyridine rings is 1. The van der Waals surface area contributed by atoms with Crippen molar-refractivity contribution in [2.24, 2.45) is 0 Å². The van der Waals surface area contributed by atoms with Gasteiger partial charge in [-0.05, 0) is 48.5 Å². The van der Waals surface area contributed by atoms with E-state index in [1.54, 1.807) is 11.3 Å². The van der Waals surface area contributed by atoms with E-state index in [2.05, 4.69) is 109 Å². The highest BCUT2D eigenvalue weighted by molar-refractivity contribution is 7.25. The fraction of sp³-hybridized carbons (Fsp3) is 0. The summed E-state index contributed by atoms with van der Waals surface area (Å²) in [6.45, 7) is 0. The van der Waals surface area contributed by atoms with Crippen molar-refractivity contribution < 1.29 is 4.42 Å². The minimum absolute atomic E-state index is 0.603. The number of hydrogen-bond acceptors (Lipinski definition) is 6. The average molecular weight is 683 g/mol. The Hall–Kier alpha value is -6.76. The predicted octanol–water partition coefficient (Wildman–Crippen LogP) is 12.5. The van der Waals surface area contributed by atoms with Crippen molar-refractivity contribution in [2.45, 2.75) is 0 Å². The maximum absolute atomic E-state index is 6.40. The standard InChI is InChI=1S/C46H26N4OS/c1-3-11-27(12-4-1)43-34-22-24-38-42(33-16-7-9-17-37(33)51-38)41(34)35-25-29(20-23-36(35)47-43)45-48-44(28-13-5-2-6-14-28)49-46(50-45)30-19-21-32-31-15-8-10-18-39(31)52-40(32)26-30/h1-26H. The van der Waals surface area contributed by atoms with Crippen molar-refractivity contribution in [2.75, 3.05) is 0 Å². The fourth-order valence-corrected chi connectivity index (χ4v) is 8.62. The Labute approximate surface area is 301 Å². The van der Waals surface area contributed by atoms with Crippen LogP contribution >= 0.6 is 11.3 Å². The lowest BCUT2D eigenvalue weighted by molar-refractivity contribution is 0.669. The van der Waals surface area contributed by atoms with Gasteiger partial charge in [-0.3, -0.25) is 0 Å². The summed E-state index contributed by atoms with van der Waals surface area (Å²) in [6, 6.07) is 54.4. The third kappa shape index (κ3) is 4.55. The van der Waals surface area contributed by atoms with Gasteiger partial charge >= 0.3 is 0 Å². The molecule has 4 aromatic heterocycles. The smallest absolute Gasteiger partial charge is 0.164 e. The van der Waals surface area contributed by atoms with Crippen LogP contribution in [0, 0.1) is 0 Å². The Morgan fingerprint density at radius 2 is 0.981 bits per heavy atom. The Balaban J connectivity index is 1.18. The van der Waals surface area contributed by atoms with Crippen LogP contribution in [0.3, 0.4) is 0 Å². The summed E-state index contributed by atoms with van der Waals surface area (Å²) in [5.74, 6) is 1.86. The van der Waals surface area contributed by atoms with Crippen LogP contribution in [-0.4, -0.2) is 19.9 Å². The van der Waals surface area contributed by atoms with Gasteiger partial charge in [0, 0.05) is 69.4 Å². The molecule has 0 radical (unpaired) electrons. The molecule has 0 bridgehead atoms. The molecule has 0 aliphatic carbocycles. The second-order valence-corrected chi connectivity index (χ2v) is 14.1. The summed E-state index contributed by atoms with van der Waals surface area (Å²) in [5, 5.41) is 7.83. The number of nitrogens with zero attached hydrogens (tertiary/aromatic N) is 4. The topological polar surface area (TPSA) is 64.7 Å². The van der Waals surface area contributed by atoms with Gasteiger partial charge in [0.25, 0.3) is 0 Å². The lowest BCUT2D eigenvalue weighted by Crippen LogP contribution is -2.00. The van der Waals surface area contributed by atoms with E-state index in [0.717, 1.165) is 71.6 Å². The lowest BCUT2D eigenvalue weighted by Gasteiger charge is -2.13. The number of para-hydroxylation sites is 1. The van der Waals surface area contributed by atoms with Gasteiger partial charge in [-0.2, -0.15) is 0 Å². The average Bonchev–Trinajstić information content (AvgIpc) is 3.79. The fourth-order valence-electron chi connectivity index (χ4n) is 7.48. The van der Waals surface area contributed by atoms with Gasteiger partial charge in [-0.1, -0.05) is 109 Å². The third-order valence-electron chi connectivity index (χ3n) is 9.91. The van der Waals surface area contributed by atoms with Crippen molar-refractivity contribution in [1.82, 2.24) is 19.9 Å². The van der Waals surface area contributed by atoms with Crippen LogP contribution < -0.4 is 0 Å². The molecule has 0 unspecified atom stereocenters. The van der Waals surface area contributed by atoms with Crippen LogP contribution in [-0.2, 0) is 0 Å². The lowest BCUT2D eigenvalue weighted by atomic mass is 9.95. The van der Waals surface area contributed by atoms with E-state index in [1.807, 2.05) is 48.5 Å². The summed E-state index contributed by atoms with van der Waals surface area (Å²) < 4.78 is 8.87. The SMILES string of the molecule is c1ccc(-c2nc(-c3ccc4c(c3)sc3ccccc34)nc(-c3ccc4nc(-c5ccccc5)c5ccc6oc7ccccc7c6c5c4c3)n2)cc1. The zero-order valence-electron chi connectivity index (χ0n) is 27.6. The van der Waals surface area contributed by atoms with Crippen molar-refractivity contribution in [3.8, 4) is 45.4 Å². The van der Waals surface area contributed by atoms with Gasteiger partial charge in [0.15, 0.2) is 17.5 Å². The van der Waals surface area contributed by atoms with Crippen LogP contribution in [0.1, 0.15) is 0 Å². The van der Waals surface area contributed by atoms with Crippen LogP contribution in [0.15, 0.2) is 162 Å². The molecule has 0 atom stereocenters. The first-order valence-corrected chi connectivity index (χ1v) is 18.0. The Bertz CT molecular complexity index is 3190. The molecule has 0 saturated heterocycles. The van der Waals surface area contributed by atoms with Crippen LogP contribution in [0.4, 0.5) is 0 Å². The Kier molecular flexibility index (Phi) is 6.35. The van der Waals surface area contributed by atoms with Crippen molar-refractivity contribution in [3.63, 3.8) is 0 Å². The highest BCUT2D eigenvalue weighted by atomic mass is 32.1. The number of furan rings is 1. The third-order valence-corrected chi connectivity index (χ3v) is 11.0. The molecule has 0 aliphatic heterocycles. The maximum Gasteiger partial charge on any atom is 0.164 e. The van der Waals surface area contributed by atoms with Crippen LogP contribution in [0.5, 0.6) is 0 Å². The van der Waals surface area contributed by atoms with E-state index in [1.165, 1.54) is 20.2 Å². The number of hydrogen-bond donors (Lipinski definition) is 0. The minimum Gasteiger partial charge on any atom is -0.456 e. The van der Waals surface area contributed by atoms with E-state index >= 15 is 0 Å². The number of thiophene rings is 1. The molecule has 242 valence electrons. The molecule has 4 heterocycles. The molecule has 52 heavy (non-hydrogen) atoms. The van der Waals surface area contributed by atoms with Crippen molar-refractivity contribution in [3.05, 3.63) is 158 Å². The summed E-state index contributed by atoms with van der Waals surface area (Å²) in [7, 11) is 0. The van der Waals surface area contributed by atoms with Gasteiger partial charge < -0.3 is 4.42 Å². The van der Waals surface area contributed by atoms with E-state index in [0.29, 0.717) is 17.5 Å². The maximum atomic E-state index is 6.40. The summed E-state index contributed by atoms with van der Waals surface area (Å²) >= 11 is 1.79. The van der Waals surface area contributed by atoms with Gasteiger partial charge in [0.1, 0.15) is 11.2 Å². The second-order valence-electron chi connectivity index (χ2n) is 13.0. The number of aromatic nitrogens is 4. The molecule has 0 saturated carbocycles. The van der Waals surface area contributed by atoms with E-state index in [9.17, 15) is 0 Å². The largest absolute Gasteiger partial charge is 0.456 e. The molecule has 0 N–H and O–H groups in total. The number of rotatable bonds is 4. The summed E-state index contributed by atoms with van der Waals surface area (Å²) in [5.41, 5.74) is 7.37. The summed E-state index contributed by atoms with van der Waals surface area (Å²) in [6.07, 6.45) is 0. The van der Waals surface area contributed by atoms with Gasteiger partial charge in [-0.15, -0.1) is 11.3 Å². The van der Waals surface area contributed by atoms with Gasteiger partial charge in [0.05, 0.1) is 11.2 Å². The molecule has 7 aromatic carbocycles. The van der Waals surface area contributed by atoms with Crippen LogP contribution in [0.2, 0.25) is 0 Å². The molecular formula is C46H26N4OS. The molecular weight excluding hydrogens is 657 g/mol. The first kappa shape index (κ1) is 29.0. The highest BCUT2D eigenvalue weighted by Crippen LogP contribution is 2.42. The van der Waals surface area contributed by atoms with E-state index in [-0.39, 0.29) is 0 Å². The first-order chi connectivity index (χ1) is 25.7. The molecule has 11 aromatic rings. The number of fused-ring (bicyclic) bond motifs is 10. The quantitative estimate of drug-likeness (QED) is 0.173. The van der Waals surface area contributed by atoms with Crippen molar-refractivity contribution >= 4 is 75.1 Å². The monoisotopic (exact) mass is 682 g/mol. The summed E-state index contributed by atoms with van der Waals surface area (Å²) in [4.78, 5) is 20.6. The predicted molar refractivity (Wildman–Crippen MR) is 215 cm³/mol. The Morgan fingerprint density at radius 3 is 1.79 bits per heavy atom. The molecule has 0 fully saturated rings. The van der Waals surface area contributed by atoms with Crippen molar-refractivity contribution in [1.29, 1.82) is 0 Å². The van der Waals surface area contributed by atoms with E-state index < -0.39 is 0 Å². The highest BCUT2D eigenvalue weighted by Gasteiger charge is 2.19.